The number of rotatable bonds is 9. The summed E-state index contributed by atoms with van der Waals surface area (Å²) >= 11 is 0. The third kappa shape index (κ3) is 9.42. The number of aliphatic hydroxyl groups excluding tert-OH is 1. The fraction of sp³-hybridized carbons (Fsp3) is 0.739. The minimum Gasteiger partial charge on any atom is -0.463 e. The molecule has 0 amide bonds. The summed E-state index contributed by atoms with van der Waals surface area (Å²) in [5, 5.41) is 10.4. The van der Waals surface area contributed by atoms with Gasteiger partial charge in [-0.2, -0.15) is 0 Å². The van der Waals surface area contributed by atoms with Gasteiger partial charge in [-0.05, 0) is 0 Å². The summed E-state index contributed by atoms with van der Waals surface area (Å²) < 4.78 is 48.3. The smallest absolute Gasteiger partial charge is 0.303 e. The van der Waals surface area contributed by atoms with E-state index < -0.39 is 104 Å². The molecule has 16 heteroatoms. The predicted octanol–water partition coefficient (Wildman–Crippen LogP) is -1.33. The van der Waals surface area contributed by atoms with Gasteiger partial charge in [-0.15, -0.1) is 0 Å². The molecule has 0 bridgehead atoms. The average molecular weight is 564 g/mol. The zero-order valence-electron chi connectivity index (χ0n) is 22.2. The highest BCUT2D eigenvalue weighted by molar-refractivity contribution is 5.69. The molecule has 0 aromatic heterocycles. The van der Waals surface area contributed by atoms with E-state index in [-0.39, 0.29) is 0 Å². The highest BCUT2D eigenvalue weighted by Gasteiger charge is 2.55. The summed E-state index contributed by atoms with van der Waals surface area (Å²) in [4.78, 5) is 70.9. The van der Waals surface area contributed by atoms with Crippen LogP contribution in [-0.4, -0.2) is 109 Å². The normalized spacial score (nSPS) is 32.2. The Kier molecular flexibility index (Phi) is 11.6. The monoisotopic (exact) mass is 564 g/mol. The van der Waals surface area contributed by atoms with Gasteiger partial charge in [0.25, 0.3) is 0 Å². The van der Waals surface area contributed by atoms with Crippen LogP contribution in [0.15, 0.2) is 0 Å². The lowest BCUT2D eigenvalue weighted by Crippen LogP contribution is -2.65. The van der Waals surface area contributed by atoms with Crippen molar-refractivity contribution in [3.63, 3.8) is 0 Å². The molecule has 0 aliphatic carbocycles. The third-order valence-corrected chi connectivity index (χ3v) is 5.26. The largest absolute Gasteiger partial charge is 0.463 e. The number of carbonyl (C=O) groups excluding carboxylic acids is 6. The molecular weight excluding hydrogens is 532 g/mol. The Hall–Kier alpha value is -3.34. The zero-order valence-corrected chi connectivity index (χ0v) is 22.2. The molecule has 16 nitrogen and oxygen atoms in total. The number of ether oxygens (including phenoxy) is 9. The molecule has 2 fully saturated rings. The van der Waals surface area contributed by atoms with Crippen LogP contribution in [-0.2, 0) is 71.4 Å². The molecule has 1 N–H and O–H groups in total. The number of hydrogen-bond acceptors (Lipinski definition) is 16. The summed E-state index contributed by atoms with van der Waals surface area (Å²) in [6.07, 6.45) is -13.6. The van der Waals surface area contributed by atoms with Gasteiger partial charge in [0.1, 0.15) is 18.8 Å². The quantitative estimate of drug-likeness (QED) is 0.254. The minimum absolute atomic E-state index is 0.394. The number of hydrogen-bond donors (Lipinski definition) is 1. The maximum atomic E-state index is 12.0. The van der Waals surface area contributed by atoms with Crippen molar-refractivity contribution in [2.75, 3.05) is 13.2 Å². The standard InChI is InChI=1S/C23H32O16/c1-9(24)31-7-16-17(34-11(3)26)19(35-12(4)27)21(37-14(6)29)23(38-16)39-18-15(33-10(2)25)8-32-22(30)20(18)36-13(5)28/h15-23,30H,7-8H2,1-6H3/t15-,16-,17+,18+,19+,20-,21-,22-,23+/m1/s1. The van der Waals surface area contributed by atoms with Crippen LogP contribution >= 0.6 is 0 Å². The van der Waals surface area contributed by atoms with Crippen molar-refractivity contribution in [1.82, 2.24) is 0 Å². The van der Waals surface area contributed by atoms with Gasteiger partial charge in [-0.1, -0.05) is 0 Å². The van der Waals surface area contributed by atoms with Crippen LogP contribution in [0, 0.1) is 0 Å². The van der Waals surface area contributed by atoms with E-state index in [1.807, 2.05) is 0 Å². The lowest BCUT2D eigenvalue weighted by Gasteiger charge is -2.46. The SMILES string of the molecule is CC(=O)OC[C@H]1O[C@@H](O[C@@H]2[C@@H](OC(C)=O)[C@H](O)OC[C@H]2OC(C)=O)[C@H](OC(C)=O)[C@@H](OC(C)=O)[C@H]1OC(C)=O. The predicted molar refractivity (Wildman–Crippen MR) is 120 cm³/mol. The molecule has 39 heavy (non-hydrogen) atoms. The summed E-state index contributed by atoms with van der Waals surface area (Å²) in [5.74, 6) is -4.90. The number of carbonyl (C=O) groups is 6. The summed E-state index contributed by atoms with van der Waals surface area (Å²) in [5.41, 5.74) is 0. The van der Waals surface area contributed by atoms with Crippen LogP contribution in [0.4, 0.5) is 0 Å². The van der Waals surface area contributed by atoms with Crippen molar-refractivity contribution in [2.45, 2.75) is 96.9 Å². The van der Waals surface area contributed by atoms with Crippen molar-refractivity contribution in [1.29, 1.82) is 0 Å². The van der Waals surface area contributed by atoms with E-state index in [1.165, 1.54) is 0 Å². The number of aliphatic hydroxyl groups is 1. The first kappa shape index (κ1) is 31.9. The van der Waals surface area contributed by atoms with Gasteiger partial charge in [0.2, 0.25) is 0 Å². The summed E-state index contributed by atoms with van der Waals surface area (Å²) in [7, 11) is 0. The maximum Gasteiger partial charge on any atom is 0.303 e. The molecule has 2 aliphatic rings. The molecule has 2 saturated heterocycles. The van der Waals surface area contributed by atoms with Crippen LogP contribution in [0.3, 0.4) is 0 Å². The molecule has 0 radical (unpaired) electrons. The average Bonchev–Trinajstić information content (AvgIpc) is 2.79. The van der Waals surface area contributed by atoms with E-state index in [9.17, 15) is 33.9 Å². The Bertz CT molecular complexity index is 933. The highest BCUT2D eigenvalue weighted by atomic mass is 16.8. The lowest BCUT2D eigenvalue weighted by atomic mass is 9.97. The van der Waals surface area contributed by atoms with Gasteiger partial charge in [0, 0.05) is 41.5 Å². The van der Waals surface area contributed by atoms with Crippen LogP contribution in [0.2, 0.25) is 0 Å². The molecule has 0 aromatic carbocycles. The van der Waals surface area contributed by atoms with Crippen LogP contribution in [0.5, 0.6) is 0 Å². The van der Waals surface area contributed by atoms with Crippen molar-refractivity contribution < 1.29 is 76.5 Å². The van der Waals surface area contributed by atoms with E-state index in [2.05, 4.69) is 0 Å². The highest BCUT2D eigenvalue weighted by Crippen LogP contribution is 2.33. The Morgan fingerprint density at radius 1 is 0.641 bits per heavy atom. The van der Waals surface area contributed by atoms with Gasteiger partial charge < -0.3 is 47.7 Å². The van der Waals surface area contributed by atoms with Crippen molar-refractivity contribution in [3.8, 4) is 0 Å². The Labute approximate surface area is 223 Å². The second-order valence-corrected chi connectivity index (χ2v) is 8.61. The molecule has 0 unspecified atom stereocenters. The number of esters is 6. The van der Waals surface area contributed by atoms with E-state index in [0.29, 0.717) is 0 Å². The van der Waals surface area contributed by atoms with Gasteiger partial charge in [0.15, 0.2) is 43.1 Å². The molecule has 2 rings (SSSR count). The Morgan fingerprint density at radius 3 is 1.64 bits per heavy atom. The van der Waals surface area contributed by atoms with Crippen LogP contribution in [0.25, 0.3) is 0 Å². The molecule has 2 heterocycles. The van der Waals surface area contributed by atoms with E-state index in [0.717, 1.165) is 41.5 Å². The van der Waals surface area contributed by atoms with Crippen molar-refractivity contribution in [3.05, 3.63) is 0 Å². The van der Waals surface area contributed by atoms with Crippen molar-refractivity contribution >= 4 is 35.8 Å². The lowest BCUT2D eigenvalue weighted by molar-refractivity contribution is -0.348. The molecule has 0 aromatic rings. The molecule has 220 valence electrons. The summed E-state index contributed by atoms with van der Waals surface area (Å²) in [6.45, 7) is 5.49. The van der Waals surface area contributed by atoms with E-state index in [4.69, 9.17) is 42.6 Å². The molecule has 0 spiro atoms. The fourth-order valence-electron chi connectivity index (χ4n) is 4.01. The first-order chi connectivity index (χ1) is 18.2. The van der Waals surface area contributed by atoms with Gasteiger partial charge >= 0.3 is 35.8 Å². The van der Waals surface area contributed by atoms with Crippen LogP contribution < -0.4 is 0 Å². The second kappa shape index (κ2) is 14.2. The van der Waals surface area contributed by atoms with Gasteiger partial charge in [-0.3, -0.25) is 28.8 Å². The third-order valence-electron chi connectivity index (χ3n) is 5.26. The first-order valence-electron chi connectivity index (χ1n) is 11.8. The maximum absolute atomic E-state index is 12.0. The van der Waals surface area contributed by atoms with Crippen molar-refractivity contribution in [2.24, 2.45) is 0 Å². The summed E-state index contributed by atoms with van der Waals surface area (Å²) in [6, 6.07) is 0. The molecule has 9 atom stereocenters. The minimum atomic E-state index is -1.73. The Morgan fingerprint density at radius 2 is 1.13 bits per heavy atom. The van der Waals surface area contributed by atoms with Crippen LogP contribution in [0.1, 0.15) is 41.5 Å². The van der Waals surface area contributed by atoms with Gasteiger partial charge in [0.05, 0.1) is 6.61 Å². The molecule has 0 saturated carbocycles. The van der Waals surface area contributed by atoms with E-state index >= 15 is 0 Å². The topological polar surface area (TPSA) is 206 Å². The van der Waals surface area contributed by atoms with Gasteiger partial charge in [-0.25, -0.2) is 0 Å². The zero-order chi connectivity index (χ0) is 29.4. The second-order valence-electron chi connectivity index (χ2n) is 8.61. The molecule has 2 aliphatic heterocycles. The molecular formula is C23H32O16. The van der Waals surface area contributed by atoms with E-state index in [1.54, 1.807) is 0 Å². The first-order valence-corrected chi connectivity index (χ1v) is 11.8. The fourth-order valence-corrected chi connectivity index (χ4v) is 4.01. The Balaban J connectivity index is 2.56.